The lowest BCUT2D eigenvalue weighted by molar-refractivity contribution is -0.145. The van der Waals surface area contributed by atoms with Gasteiger partial charge in [-0.3, -0.25) is 4.79 Å². The molecule has 0 unspecified atom stereocenters. The first-order chi connectivity index (χ1) is 10.6. The molecule has 6 heteroatoms. The van der Waals surface area contributed by atoms with Crippen LogP contribution in [-0.4, -0.2) is 55.4 Å². The zero-order valence-electron chi connectivity index (χ0n) is 13.1. The highest BCUT2D eigenvalue weighted by Gasteiger charge is 2.41. The standard InChI is InChI=1S/C16H21NO4S/c1-4-22-14-8-6-5-7-12(14)15(18)17-10-11(20-2)9-13(17)16(19)21-3/h5-8,11,13H,4,9-10H2,1-3H3/t11-,13+/m1/s1. The number of carbonyl (C=O) groups is 2. The van der Waals surface area contributed by atoms with Crippen LogP contribution >= 0.6 is 11.8 Å². The van der Waals surface area contributed by atoms with Crippen molar-refractivity contribution in [3.05, 3.63) is 29.8 Å². The molecule has 0 aromatic heterocycles. The number of methoxy groups -OCH3 is 2. The first kappa shape index (κ1) is 16.8. The molecule has 2 atom stereocenters. The van der Waals surface area contributed by atoms with Crippen LogP contribution in [0, 0.1) is 0 Å². The van der Waals surface area contributed by atoms with Crippen LogP contribution in [0.15, 0.2) is 29.2 Å². The minimum absolute atomic E-state index is 0.140. The maximum atomic E-state index is 12.9. The van der Waals surface area contributed by atoms with Crippen molar-refractivity contribution in [2.75, 3.05) is 26.5 Å². The summed E-state index contributed by atoms with van der Waals surface area (Å²) < 4.78 is 10.2. The second kappa shape index (κ2) is 7.65. The van der Waals surface area contributed by atoms with Gasteiger partial charge in [-0.15, -0.1) is 11.8 Å². The fourth-order valence-electron chi connectivity index (χ4n) is 2.63. The van der Waals surface area contributed by atoms with Gasteiger partial charge in [0.05, 0.1) is 18.8 Å². The van der Waals surface area contributed by atoms with Crippen molar-refractivity contribution in [1.29, 1.82) is 0 Å². The summed E-state index contributed by atoms with van der Waals surface area (Å²) >= 11 is 1.62. The number of thioether (sulfide) groups is 1. The van der Waals surface area contributed by atoms with E-state index in [-0.39, 0.29) is 12.0 Å². The van der Waals surface area contributed by atoms with Crippen molar-refractivity contribution < 1.29 is 19.1 Å². The fraction of sp³-hybridized carbons (Fsp3) is 0.500. The van der Waals surface area contributed by atoms with Gasteiger partial charge in [-0.05, 0) is 17.9 Å². The Morgan fingerprint density at radius 3 is 2.68 bits per heavy atom. The van der Waals surface area contributed by atoms with Crippen LogP contribution in [-0.2, 0) is 14.3 Å². The average Bonchev–Trinajstić information content (AvgIpc) is 2.98. The molecule has 1 aromatic carbocycles. The molecule has 0 saturated carbocycles. The number of likely N-dealkylation sites (tertiary alicyclic amines) is 1. The van der Waals surface area contributed by atoms with Crippen LogP contribution < -0.4 is 0 Å². The summed E-state index contributed by atoms with van der Waals surface area (Å²) in [6.45, 7) is 2.44. The summed E-state index contributed by atoms with van der Waals surface area (Å²) in [6.07, 6.45) is 0.330. The smallest absolute Gasteiger partial charge is 0.328 e. The predicted molar refractivity (Wildman–Crippen MR) is 85.1 cm³/mol. The summed E-state index contributed by atoms with van der Waals surface area (Å²) in [5, 5.41) is 0. The lowest BCUT2D eigenvalue weighted by Gasteiger charge is -2.23. The normalized spacial score (nSPS) is 21.0. The molecule has 1 heterocycles. The Balaban J connectivity index is 2.28. The molecule has 22 heavy (non-hydrogen) atoms. The molecule has 0 N–H and O–H groups in total. The third-order valence-electron chi connectivity index (χ3n) is 3.75. The van der Waals surface area contributed by atoms with E-state index in [4.69, 9.17) is 9.47 Å². The van der Waals surface area contributed by atoms with E-state index in [2.05, 4.69) is 0 Å². The molecule has 2 rings (SSSR count). The quantitative estimate of drug-likeness (QED) is 0.614. The largest absolute Gasteiger partial charge is 0.467 e. The first-order valence-electron chi connectivity index (χ1n) is 7.25. The van der Waals surface area contributed by atoms with E-state index < -0.39 is 12.0 Å². The third kappa shape index (κ3) is 3.44. The summed E-state index contributed by atoms with van der Waals surface area (Å²) in [7, 11) is 2.93. The molecule has 1 aromatic rings. The lowest BCUT2D eigenvalue weighted by atomic mass is 10.1. The van der Waals surface area contributed by atoms with Crippen LogP contribution in [0.5, 0.6) is 0 Å². The lowest BCUT2D eigenvalue weighted by Crippen LogP contribution is -2.41. The van der Waals surface area contributed by atoms with Gasteiger partial charge in [0.1, 0.15) is 6.04 Å². The van der Waals surface area contributed by atoms with Gasteiger partial charge in [0.15, 0.2) is 0 Å². The Hall–Kier alpha value is -1.53. The third-order valence-corrected chi connectivity index (χ3v) is 4.70. The van der Waals surface area contributed by atoms with Crippen LogP contribution in [0.3, 0.4) is 0 Å². The van der Waals surface area contributed by atoms with Crippen molar-refractivity contribution >= 4 is 23.6 Å². The Morgan fingerprint density at radius 2 is 2.05 bits per heavy atom. The minimum Gasteiger partial charge on any atom is -0.467 e. The van der Waals surface area contributed by atoms with Crippen LogP contribution in [0.1, 0.15) is 23.7 Å². The van der Waals surface area contributed by atoms with Crippen molar-refractivity contribution in [1.82, 2.24) is 4.90 Å². The highest BCUT2D eigenvalue weighted by atomic mass is 32.2. The van der Waals surface area contributed by atoms with Gasteiger partial charge in [-0.25, -0.2) is 4.79 Å². The SMILES string of the molecule is CCSc1ccccc1C(=O)N1C[C@H](OC)C[C@H]1C(=O)OC. The number of nitrogens with zero attached hydrogens (tertiary/aromatic N) is 1. The van der Waals surface area contributed by atoms with Gasteiger partial charge < -0.3 is 14.4 Å². The van der Waals surface area contributed by atoms with Gasteiger partial charge in [0, 0.05) is 25.0 Å². The van der Waals surface area contributed by atoms with E-state index >= 15 is 0 Å². The Morgan fingerprint density at radius 1 is 1.32 bits per heavy atom. The summed E-state index contributed by atoms with van der Waals surface area (Å²) in [4.78, 5) is 27.3. The zero-order valence-corrected chi connectivity index (χ0v) is 13.9. The van der Waals surface area contributed by atoms with Crippen molar-refractivity contribution in [3.8, 4) is 0 Å². The molecule has 120 valence electrons. The zero-order chi connectivity index (χ0) is 16.1. The maximum absolute atomic E-state index is 12.9. The fourth-order valence-corrected chi connectivity index (χ4v) is 3.43. The molecule has 0 bridgehead atoms. The highest BCUT2D eigenvalue weighted by Crippen LogP contribution is 2.28. The molecular weight excluding hydrogens is 302 g/mol. The van der Waals surface area contributed by atoms with E-state index in [1.165, 1.54) is 7.11 Å². The summed E-state index contributed by atoms with van der Waals surface area (Å²) in [5.41, 5.74) is 0.625. The van der Waals surface area contributed by atoms with E-state index in [9.17, 15) is 9.59 Å². The number of benzene rings is 1. The second-order valence-electron chi connectivity index (χ2n) is 5.02. The monoisotopic (exact) mass is 323 g/mol. The molecule has 0 radical (unpaired) electrons. The van der Waals surface area contributed by atoms with Gasteiger partial charge in [-0.2, -0.15) is 0 Å². The van der Waals surface area contributed by atoms with E-state index in [0.29, 0.717) is 18.5 Å². The molecule has 1 saturated heterocycles. The molecule has 1 aliphatic rings. The van der Waals surface area contributed by atoms with E-state index in [1.807, 2.05) is 25.1 Å². The maximum Gasteiger partial charge on any atom is 0.328 e. The van der Waals surface area contributed by atoms with Gasteiger partial charge in [0.25, 0.3) is 5.91 Å². The first-order valence-corrected chi connectivity index (χ1v) is 8.24. The Labute approximate surface area is 135 Å². The van der Waals surface area contributed by atoms with Crippen molar-refractivity contribution in [3.63, 3.8) is 0 Å². The predicted octanol–water partition coefficient (Wildman–Crippen LogP) is 2.20. The van der Waals surface area contributed by atoms with Crippen LogP contribution in [0.2, 0.25) is 0 Å². The Kier molecular flexibility index (Phi) is 5.85. The van der Waals surface area contributed by atoms with E-state index in [1.54, 1.807) is 29.8 Å². The molecule has 0 aliphatic carbocycles. The molecule has 1 amide bonds. The summed E-state index contributed by atoms with van der Waals surface area (Å²) in [5.74, 6) is 0.339. The number of ether oxygens (including phenoxy) is 2. The van der Waals surface area contributed by atoms with Crippen LogP contribution in [0.25, 0.3) is 0 Å². The number of carbonyl (C=O) groups excluding carboxylic acids is 2. The number of hydrogen-bond acceptors (Lipinski definition) is 5. The van der Waals surface area contributed by atoms with Crippen molar-refractivity contribution in [2.24, 2.45) is 0 Å². The van der Waals surface area contributed by atoms with Gasteiger partial charge in [0.2, 0.25) is 0 Å². The minimum atomic E-state index is -0.581. The molecule has 1 fully saturated rings. The number of amides is 1. The number of hydrogen-bond donors (Lipinski definition) is 0. The average molecular weight is 323 g/mol. The van der Waals surface area contributed by atoms with Crippen LogP contribution in [0.4, 0.5) is 0 Å². The molecule has 0 spiro atoms. The van der Waals surface area contributed by atoms with E-state index in [0.717, 1.165) is 10.6 Å². The second-order valence-corrected chi connectivity index (χ2v) is 6.32. The molecule has 1 aliphatic heterocycles. The summed E-state index contributed by atoms with van der Waals surface area (Å²) in [6, 6.07) is 6.90. The van der Waals surface area contributed by atoms with Gasteiger partial charge >= 0.3 is 5.97 Å². The Bertz CT molecular complexity index is 549. The van der Waals surface area contributed by atoms with Crippen molar-refractivity contribution in [2.45, 2.75) is 30.4 Å². The topological polar surface area (TPSA) is 55.8 Å². The number of esters is 1. The van der Waals surface area contributed by atoms with Gasteiger partial charge in [-0.1, -0.05) is 19.1 Å². The molecule has 5 nitrogen and oxygen atoms in total. The highest BCUT2D eigenvalue weighted by molar-refractivity contribution is 7.99. The number of rotatable bonds is 5. The molecular formula is C16H21NO4S.